The molecule has 144 valence electrons. The molecule has 0 atom stereocenters. The van der Waals surface area contributed by atoms with Gasteiger partial charge >= 0.3 is 0 Å². The molecule has 0 radical (unpaired) electrons. The molecule has 0 bridgehead atoms. The average Bonchev–Trinajstić information content (AvgIpc) is 3.15. The Bertz CT molecular complexity index is 1260. The van der Waals surface area contributed by atoms with Crippen LogP contribution in [0.4, 0.5) is 5.95 Å². The van der Waals surface area contributed by atoms with Crippen LogP contribution in [-0.4, -0.2) is 42.9 Å². The highest BCUT2D eigenvalue weighted by atomic mass is 79.9. The smallest absolute Gasteiger partial charge is 0.247 e. The van der Waals surface area contributed by atoms with E-state index in [2.05, 4.69) is 26.1 Å². The summed E-state index contributed by atoms with van der Waals surface area (Å²) in [6, 6.07) is 15.4. The number of halogens is 1. The summed E-state index contributed by atoms with van der Waals surface area (Å²) in [5.41, 5.74) is 1.33. The van der Waals surface area contributed by atoms with Gasteiger partial charge < -0.3 is 0 Å². The lowest BCUT2D eigenvalue weighted by atomic mass is 10.2. The molecule has 1 aliphatic heterocycles. The third-order valence-corrected chi connectivity index (χ3v) is 6.77. The Morgan fingerprint density at radius 2 is 1.69 bits per heavy atom. The molecular weight excluding hydrogens is 474 g/mol. The Kier molecular flexibility index (Phi) is 4.76. The third kappa shape index (κ3) is 3.30. The second-order valence-electron chi connectivity index (χ2n) is 6.24. The highest BCUT2D eigenvalue weighted by Gasteiger charge is 2.32. The summed E-state index contributed by atoms with van der Waals surface area (Å²) >= 11 is 6.17. The van der Waals surface area contributed by atoms with Crippen LogP contribution in [0, 0.1) is 0 Å². The van der Waals surface area contributed by atoms with Crippen molar-refractivity contribution >= 4 is 73.8 Å². The normalized spacial score (nSPS) is 14.9. The van der Waals surface area contributed by atoms with E-state index >= 15 is 0 Å². The van der Waals surface area contributed by atoms with Crippen LogP contribution in [0.5, 0.6) is 0 Å². The molecule has 4 aromatic rings. The van der Waals surface area contributed by atoms with Gasteiger partial charge in [-0.3, -0.25) is 9.59 Å². The lowest BCUT2D eigenvalue weighted by Gasteiger charge is -2.22. The molecule has 2 amide bonds. The van der Waals surface area contributed by atoms with Gasteiger partial charge in [-0.05, 0) is 36.4 Å². The molecule has 0 unspecified atom stereocenters. The Balaban J connectivity index is 1.74. The number of fused-ring (bicyclic) bond motifs is 3. The van der Waals surface area contributed by atoms with E-state index in [4.69, 9.17) is 4.98 Å². The summed E-state index contributed by atoms with van der Waals surface area (Å²) in [5, 5.41) is 9.91. The number of aromatic nitrogens is 4. The summed E-state index contributed by atoms with van der Waals surface area (Å²) in [6.45, 7) is 0. The van der Waals surface area contributed by atoms with Gasteiger partial charge in [0, 0.05) is 14.8 Å². The van der Waals surface area contributed by atoms with Crippen molar-refractivity contribution in [2.45, 2.75) is 10.1 Å². The standard InChI is InChI=1S/C19H12BrN5O2S2/c20-11-5-7-12(8-6-11)29-19-21-14-4-2-1-3-13(14)17-22-23-18(25(17)19)24-15(26)9-28-10-16(24)27/h1-8H,9-10H2. The van der Waals surface area contributed by atoms with Gasteiger partial charge in [0.2, 0.25) is 17.8 Å². The Morgan fingerprint density at radius 1 is 0.966 bits per heavy atom. The van der Waals surface area contributed by atoms with E-state index in [9.17, 15) is 9.59 Å². The van der Waals surface area contributed by atoms with Gasteiger partial charge in [0.15, 0.2) is 10.8 Å². The van der Waals surface area contributed by atoms with Gasteiger partial charge in [0.05, 0.1) is 17.0 Å². The maximum absolute atomic E-state index is 12.5. The topological polar surface area (TPSA) is 80.5 Å². The zero-order valence-electron chi connectivity index (χ0n) is 14.8. The largest absolute Gasteiger partial charge is 0.273 e. The van der Waals surface area contributed by atoms with Gasteiger partial charge in [-0.15, -0.1) is 22.0 Å². The molecule has 1 saturated heterocycles. The average molecular weight is 486 g/mol. The molecule has 0 spiro atoms. The number of rotatable bonds is 3. The molecule has 1 aliphatic rings. The number of para-hydroxylation sites is 1. The molecule has 0 aliphatic carbocycles. The van der Waals surface area contributed by atoms with Crippen molar-refractivity contribution in [3.63, 3.8) is 0 Å². The van der Waals surface area contributed by atoms with E-state index in [0.717, 1.165) is 25.2 Å². The highest BCUT2D eigenvalue weighted by Crippen LogP contribution is 2.33. The van der Waals surface area contributed by atoms with Gasteiger partial charge in [-0.2, -0.15) is 0 Å². The number of amides is 2. The van der Waals surface area contributed by atoms with Gasteiger partial charge in [-0.1, -0.05) is 39.8 Å². The van der Waals surface area contributed by atoms with Crippen molar-refractivity contribution in [1.29, 1.82) is 0 Å². The fraction of sp³-hybridized carbons (Fsp3) is 0.105. The third-order valence-electron chi connectivity index (χ3n) is 4.37. The van der Waals surface area contributed by atoms with Crippen LogP contribution in [0.25, 0.3) is 16.6 Å². The van der Waals surface area contributed by atoms with Crippen molar-refractivity contribution in [2.75, 3.05) is 16.4 Å². The summed E-state index contributed by atoms with van der Waals surface area (Å²) in [6.07, 6.45) is 0. The summed E-state index contributed by atoms with van der Waals surface area (Å²) < 4.78 is 2.67. The van der Waals surface area contributed by atoms with Crippen LogP contribution >= 0.6 is 39.5 Å². The second kappa shape index (κ2) is 7.43. The Labute approximate surface area is 182 Å². The Hall–Kier alpha value is -2.43. The first-order chi connectivity index (χ1) is 14.1. The number of imide groups is 1. The maximum atomic E-state index is 12.5. The van der Waals surface area contributed by atoms with Gasteiger partial charge in [0.1, 0.15) is 0 Å². The molecule has 2 aromatic heterocycles. The fourth-order valence-electron chi connectivity index (χ4n) is 3.08. The van der Waals surface area contributed by atoms with E-state index in [1.165, 1.54) is 23.5 Å². The van der Waals surface area contributed by atoms with Crippen LogP contribution in [0.2, 0.25) is 0 Å². The minimum Gasteiger partial charge on any atom is -0.273 e. The maximum Gasteiger partial charge on any atom is 0.247 e. The SMILES string of the molecule is O=C1CSCC(=O)N1c1nnc2c3ccccc3nc(Sc3ccc(Br)cc3)n12. The van der Waals surface area contributed by atoms with Gasteiger partial charge in [0.25, 0.3) is 0 Å². The minimum absolute atomic E-state index is 0.188. The zero-order chi connectivity index (χ0) is 20.0. The van der Waals surface area contributed by atoms with E-state index in [0.29, 0.717) is 10.8 Å². The summed E-state index contributed by atoms with van der Waals surface area (Å²) in [4.78, 5) is 31.8. The van der Waals surface area contributed by atoms with Crippen molar-refractivity contribution in [3.8, 4) is 0 Å². The molecule has 3 heterocycles. The van der Waals surface area contributed by atoms with E-state index in [1.807, 2.05) is 48.5 Å². The van der Waals surface area contributed by atoms with E-state index < -0.39 is 0 Å². The first kappa shape index (κ1) is 18.6. The molecule has 0 N–H and O–H groups in total. The number of anilines is 1. The predicted octanol–water partition coefficient (Wildman–Crippen LogP) is 3.80. The second-order valence-corrected chi connectivity index (χ2v) is 9.18. The van der Waals surface area contributed by atoms with Crippen molar-refractivity contribution in [3.05, 3.63) is 53.0 Å². The molecule has 2 aromatic carbocycles. The summed E-state index contributed by atoms with van der Waals surface area (Å²) in [7, 11) is 0. The zero-order valence-corrected chi connectivity index (χ0v) is 18.0. The lowest BCUT2D eigenvalue weighted by Crippen LogP contribution is -2.44. The van der Waals surface area contributed by atoms with Crippen molar-refractivity contribution in [2.24, 2.45) is 0 Å². The molecule has 10 heteroatoms. The number of hydrogen-bond acceptors (Lipinski definition) is 7. The first-order valence-corrected chi connectivity index (χ1v) is 11.4. The fourth-order valence-corrected chi connectivity index (χ4v) is 4.94. The van der Waals surface area contributed by atoms with Crippen LogP contribution in [0.3, 0.4) is 0 Å². The monoisotopic (exact) mass is 485 g/mol. The van der Waals surface area contributed by atoms with Gasteiger partial charge in [-0.25, -0.2) is 14.3 Å². The van der Waals surface area contributed by atoms with E-state index in [-0.39, 0.29) is 29.3 Å². The van der Waals surface area contributed by atoms with Crippen molar-refractivity contribution < 1.29 is 9.59 Å². The minimum atomic E-state index is -0.298. The highest BCUT2D eigenvalue weighted by molar-refractivity contribution is 9.10. The predicted molar refractivity (Wildman–Crippen MR) is 116 cm³/mol. The molecule has 7 nitrogen and oxygen atoms in total. The van der Waals surface area contributed by atoms with Crippen LogP contribution in [0.1, 0.15) is 0 Å². The molecule has 1 fully saturated rings. The molecular formula is C19H12BrN5O2S2. The quantitative estimate of drug-likeness (QED) is 0.322. The number of carbonyl (C=O) groups is 2. The lowest BCUT2D eigenvalue weighted by molar-refractivity contribution is -0.124. The molecule has 5 rings (SSSR count). The van der Waals surface area contributed by atoms with Crippen LogP contribution < -0.4 is 4.90 Å². The Morgan fingerprint density at radius 3 is 2.45 bits per heavy atom. The van der Waals surface area contributed by atoms with Crippen molar-refractivity contribution in [1.82, 2.24) is 19.6 Å². The molecule has 29 heavy (non-hydrogen) atoms. The van der Waals surface area contributed by atoms with Crippen LogP contribution in [-0.2, 0) is 9.59 Å². The number of carbonyl (C=O) groups excluding carboxylic acids is 2. The number of hydrogen-bond donors (Lipinski definition) is 0. The molecule has 0 saturated carbocycles. The van der Waals surface area contributed by atoms with E-state index in [1.54, 1.807) is 4.40 Å². The summed E-state index contributed by atoms with van der Waals surface area (Å²) in [5.74, 6) is 0.0584. The number of benzene rings is 2. The first-order valence-electron chi connectivity index (χ1n) is 8.62. The number of thioether (sulfide) groups is 1. The number of nitrogens with zero attached hydrogens (tertiary/aromatic N) is 5. The van der Waals surface area contributed by atoms with Crippen LogP contribution in [0.15, 0.2) is 63.1 Å².